The molecule has 1 N–H and O–H groups in total. The van der Waals surface area contributed by atoms with Crippen LogP contribution in [-0.4, -0.2) is 31.1 Å². The number of hydrogen-bond acceptors (Lipinski definition) is 2. The molecule has 0 amide bonds. The molecule has 1 aliphatic rings. The Labute approximate surface area is 125 Å². The third-order valence-electron chi connectivity index (χ3n) is 4.43. The first-order valence-corrected chi connectivity index (χ1v) is 8.04. The number of hydrogen-bond donors (Lipinski definition) is 1. The zero-order valence-corrected chi connectivity index (χ0v) is 13.7. The number of likely N-dealkylation sites (N-methyl/N-ethyl adjacent to an activating group) is 1. The topological polar surface area (TPSA) is 15.3 Å². The van der Waals surface area contributed by atoms with Crippen LogP contribution in [0.3, 0.4) is 0 Å². The van der Waals surface area contributed by atoms with Gasteiger partial charge in [-0.15, -0.1) is 0 Å². The summed E-state index contributed by atoms with van der Waals surface area (Å²) in [6.07, 6.45) is 6.80. The van der Waals surface area contributed by atoms with Crippen LogP contribution in [0, 0.1) is 0 Å². The predicted octanol–water partition coefficient (Wildman–Crippen LogP) is 3.80. The predicted molar refractivity (Wildman–Crippen MR) is 85.4 cm³/mol. The zero-order chi connectivity index (χ0) is 13.7. The van der Waals surface area contributed by atoms with Crippen molar-refractivity contribution >= 4 is 15.9 Å². The fraction of sp³-hybridized carbons (Fsp3) is 0.625. The molecule has 1 aromatic carbocycles. The molecule has 3 heteroatoms. The summed E-state index contributed by atoms with van der Waals surface area (Å²) in [4.78, 5) is 2.43. The van der Waals surface area contributed by atoms with E-state index in [0.29, 0.717) is 5.54 Å². The van der Waals surface area contributed by atoms with Gasteiger partial charge in [-0.05, 0) is 44.6 Å². The zero-order valence-electron chi connectivity index (χ0n) is 12.1. The lowest BCUT2D eigenvalue weighted by Gasteiger charge is -2.43. The van der Waals surface area contributed by atoms with Crippen LogP contribution >= 0.6 is 15.9 Å². The van der Waals surface area contributed by atoms with Gasteiger partial charge >= 0.3 is 0 Å². The van der Waals surface area contributed by atoms with Gasteiger partial charge in [-0.1, -0.05) is 47.3 Å². The van der Waals surface area contributed by atoms with E-state index in [1.165, 1.54) is 37.7 Å². The first kappa shape index (κ1) is 15.0. The van der Waals surface area contributed by atoms with Crippen LogP contribution in [0.2, 0.25) is 0 Å². The first-order valence-electron chi connectivity index (χ1n) is 7.25. The van der Waals surface area contributed by atoms with Crippen LogP contribution in [0.5, 0.6) is 0 Å². The molecule has 0 unspecified atom stereocenters. The Kier molecular flexibility index (Phi) is 5.43. The average molecular weight is 325 g/mol. The van der Waals surface area contributed by atoms with E-state index < -0.39 is 0 Å². The van der Waals surface area contributed by atoms with Gasteiger partial charge in [0.2, 0.25) is 0 Å². The van der Waals surface area contributed by atoms with Gasteiger partial charge < -0.3 is 10.2 Å². The van der Waals surface area contributed by atoms with E-state index in [4.69, 9.17) is 0 Å². The van der Waals surface area contributed by atoms with Gasteiger partial charge in [0.25, 0.3) is 0 Å². The molecule has 0 aromatic heterocycles. The minimum absolute atomic E-state index is 0.369. The summed E-state index contributed by atoms with van der Waals surface area (Å²) in [7, 11) is 4.46. The normalized spacial score (nSPS) is 18.7. The number of halogens is 1. The van der Waals surface area contributed by atoms with Gasteiger partial charge in [0, 0.05) is 23.1 Å². The Hall–Kier alpha value is -0.380. The van der Waals surface area contributed by atoms with Gasteiger partial charge in [-0.25, -0.2) is 0 Å². The molecule has 0 radical (unpaired) electrons. The summed E-state index contributed by atoms with van der Waals surface area (Å²) in [5.41, 5.74) is 1.72. The Morgan fingerprint density at radius 1 is 1.11 bits per heavy atom. The number of nitrogens with zero attached hydrogens (tertiary/aromatic N) is 1. The van der Waals surface area contributed by atoms with Gasteiger partial charge in [-0.3, -0.25) is 0 Å². The lowest BCUT2D eigenvalue weighted by Crippen LogP contribution is -2.52. The Morgan fingerprint density at radius 2 is 1.74 bits per heavy atom. The van der Waals surface area contributed by atoms with E-state index in [0.717, 1.165) is 17.6 Å². The van der Waals surface area contributed by atoms with Crippen molar-refractivity contribution in [2.45, 2.75) is 44.2 Å². The summed E-state index contributed by atoms with van der Waals surface area (Å²) >= 11 is 3.48. The molecular weight excluding hydrogens is 300 g/mol. The molecule has 1 aliphatic carbocycles. The monoisotopic (exact) mass is 324 g/mol. The summed E-state index contributed by atoms with van der Waals surface area (Å²) in [5, 5.41) is 3.66. The lowest BCUT2D eigenvalue weighted by atomic mass is 9.80. The molecule has 1 saturated carbocycles. The molecule has 0 heterocycles. The number of benzene rings is 1. The van der Waals surface area contributed by atoms with Crippen molar-refractivity contribution in [1.29, 1.82) is 0 Å². The van der Waals surface area contributed by atoms with Crippen molar-refractivity contribution in [3.63, 3.8) is 0 Å². The second-order valence-electron chi connectivity index (χ2n) is 5.91. The van der Waals surface area contributed by atoms with Crippen molar-refractivity contribution in [2.24, 2.45) is 0 Å². The molecule has 0 atom stereocenters. The van der Waals surface area contributed by atoms with Crippen molar-refractivity contribution in [3.8, 4) is 0 Å². The minimum atomic E-state index is 0.369. The third-order valence-corrected chi connectivity index (χ3v) is 4.96. The Bertz CT molecular complexity index is 380. The van der Waals surface area contributed by atoms with Gasteiger partial charge in [0.1, 0.15) is 0 Å². The van der Waals surface area contributed by atoms with Crippen LogP contribution in [0.1, 0.15) is 37.7 Å². The minimum Gasteiger partial charge on any atom is -0.311 e. The second kappa shape index (κ2) is 6.87. The van der Waals surface area contributed by atoms with Crippen molar-refractivity contribution in [1.82, 2.24) is 10.2 Å². The third kappa shape index (κ3) is 4.04. The molecule has 106 valence electrons. The fourth-order valence-electron chi connectivity index (χ4n) is 3.03. The van der Waals surface area contributed by atoms with E-state index >= 15 is 0 Å². The molecule has 0 spiro atoms. The number of rotatable bonds is 5. The molecule has 19 heavy (non-hydrogen) atoms. The Balaban J connectivity index is 1.87. The average Bonchev–Trinajstić information content (AvgIpc) is 2.42. The van der Waals surface area contributed by atoms with Crippen LogP contribution in [0.25, 0.3) is 0 Å². The van der Waals surface area contributed by atoms with Crippen LogP contribution < -0.4 is 5.32 Å². The largest absolute Gasteiger partial charge is 0.311 e. The molecule has 0 bridgehead atoms. The summed E-state index contributed by atoms with van der Waals surface area (Å²) in [6, 6.07) is 8.58. The van der Waals surface area contributed by atoms with Crippen LogP contribution in [-0.2, 0) is 6.54 Å². The van der Waals surface area contributed by atoms with Gasteiger partial charge in [0.15, 0.2) is 0 Å². The summed E-state index contributed by atoms with van der Waals surface area (Å²) < 4.78 is 1.15. The highest BCUT2D eigenvalue weighted by molar-refractivity contribution is 9.10. The molecule has 1 aromatic rings. The molecule has 0 saturated heterocycles. The summed E-state index contributed by atoms with van der Waals surface area (Å²) in [6.45, 7) is 2.05. The highest BCUT2D eigenvalue weighted by Crippen LogP contribution is 2.31. The van der Waals surface area contributed by atoms with Crippen LogP contribution in [0.4, 0.5) is 0 Å². The van der Waals surface area contributed by atoms with Crippen molar-refractivity contribution in [3.05, 3.63) is 34.3 Å². The number of nitrogens with one attached hydrogen (secondary N) is 1. The van der Waals surface area contributed by atoms with Crippen LogP contribution in [0.15, 0.2) is 28.7 Å². The van der Waals surface area contributed by atoms with Crippen molar-refractivity contribution in [2.75, 3.05) is 20.6 Å². The smallest absolute Gasteiger partial charge is 0.0328 e. The van der Waals surface area contributed by atoms with Gasteiger partial charge in [-0.2, -0.15) is 0 Å². The quantitative estimate of drug-likeness (QED) is 0.886. The standard InChI is InChI=1S/C16H25BrN2/c1-19(2)16(10-4-3-5-11-16)13-18-12-14-6-8-15(17)9-7-14/h6-9,18H,3-5,10-13H2,1-2H3. The second-order valence-corrected chi connectivity index (χ2v) is 6.83. The van der Waals surface area contributed by atoms with E-state index in [1.807, 2.05) is 0 Å². The SMILES string of the molecule is CN(C)C1(CNCc2ccc(Br)cc2)CCCCC1. The Morgan fingerprint density at radius 3 is 2.32 bits per heavy atom. The molecule has 0 aliphatic heterocycles. The van der Waals surface area contributed by atoms with Crippen molar-refractivity contribution < 1.29 is 0 Å². The molecule has 1 fully saturated rings. The summed E-state index contributed by atoms with van der Waals surface area (Å²) in [5.74, 6) is 0. The molecule has 2 nitrogen and oxygen atoms in total. The first-order chi connectivity index (χ1) is 9.12. The molecule has 2 rings (SSSR count). The fourth-order valence-corrected chi connectivity index (χ4v) is 3.30. The highest BCUT2D eigenvalue weighted by Gasteiger charge is 2.33. The maximum atomic E-state index is 3.66. The highest BCUT2D eigenvalue weighted by atomic mass is 79.9. The van der Waals surface area contributed by atoms with E-state index in [2.05, 4.69) is 64.5 Å². The maximum absolute atomic E-state index is 3.66. The lowest BCUT2D eigenvalue weighted by molar-refractivity contribution is 0.0984. The van der Waals surface area contributed by atoms with E-state index in [-0.39, 0.29) is 0 Å². The molecular formula is C16H25BrN2. The van der Waals surface area contributed by atoms with Gasteiger partial charge in [0.05, 0.1) is 0 Å². The van der Waals surface area contributed by atoms with E-state index in [1.54, 1.807) is 0 Å². The maximum Gasteiger partial charge on any atom is 0.0328 e. The van der Waals surface area contributed by atoms with E-state index in [9.17, 15) is 0 Å².